The molecule has 0 unspecified atom stereocenters. The molecule has 0 aliphatic carbocycles. The van der Waals surface area contributed by atoms with Gasteiger partial charge in [-0.25, -0.2) is 4.79 Å². The average molecular weight is 172 g/mol. The Balaban J connectivity index is 2.46. The van der Waals surface area contributed by atoms with Crippen LogP contribution in [0.5, 0.6) is 0 Å². The lowest BCUT2D eigenvalue weighted by molar-refractivity contribution is 0.112. The summed E-state index contributed by atoms with van der Waals surface area (Å²) in [6, 6.07) is 0.473. The third-order valence-electron chi connectivity index (χ3n) is 2.55. The highest BCUT2D eigenvalue weighted by molar-refractivity contribution is 5.65. The van der Waals surface area contributed by atoms with Crippen LogP contribution in [0.4, 0.5) is 4.79 Å². The van der Waals surface area contributed by atoms with Gasteiger partial charge in [0.2, 0.25) is 0 Å². The number of amides is 1. The zero-order chi connectivity index (χ0) is 9.14. The highest BCUT2D eigenvalue weighted by atomic mass is 16.4. The third kappa shape index (κ3) is 1.88. The first-order valence-corrected chi connectivity index (χ1v) is 4.30. The molecule has 1 amide bonds. The van der Waals surface area contributed by atoms with Crippen LogP contribution in [0, 0.1) is 5.92 Å². The molecule has 1 heterocycles. The van der Waals surface area contributed by atoms with Gasteiger partial charge in [0.15, 0.2) is 0 Å². The monoisotopic (exact) mass is 172 g/mol. The van der Waals surface area contributed by atoms with E-state index in [1.54, 1.807) is 0 Å². The quantitative estimate of drug-likeness (QED) is 0.608. The van der Waals surface area contributed by atoms with Crippen molar-refractivity contribution in [1.82, 2.24) is 10.2 Å². The van der Waals surface area contributed by atoms with Gasteiger partial charge in [-0.2, -0.15) is 0 Å². The summed E-state index contributed by atoms with van der Waals surface area (Å²) >= 11 is 0. The molecule has 1 rings (SSSR count). The van der Waals surface area contributed by atoms with E-state index in [-0.39, 0.29) is 0 Å². The van der Waals surface area contributed by atoms with Crippen molar-refractivity contribution in [3.05, 3.63) is 0 Å². The van der Waals surface area contributed by atoms with Crippen molar-refractivity contribution >= 4 is 6.09 Å². The Hall–Kier alpha value is -0.770. The lowest BCUT2D eigenvalue weighted by Crippen LogP contribution is -2.48. The summed E-state index contributed by atoms with van der Waals surface area (Å²) in [6.45, 7) is 3.39. The number of rotatable bonds is 1. The Bertz CT molecular complexity index is 172. The lowest BCUT2D eigenvalue weighted by atomic mass is 9.94. The van der Waals surface area contributed by atoms with E-state index in [0.717, 1.165) is 6.42 Å². The maximum Gasteiger partial charge on any atom is 0.407 e. The van der Waals surface area contributed by atoms with Crippen LogP contribution >= 0.6 is 0 Å². The number of carboxylic acid groups (broad SMARTS) is 1. The second-order valence-corrected chi connectivity index (χ2v) is 3.39. The zero-order valence-electron chi connectivity index (χ0n) is 7.58. The predicted octanol–water partition coefficient (Wildman–Crippen LogP) is 0.594. The van der Waals surface area contributed by atoms with Gasteiger partial charge in [-0.05, 0) is 19.4 Å². The second-order valence-electron chi connectivity index (χ2n) is 3.39. The van der Waals surface area contributed by atoms with Gasteiger partial charge in [0.05, 0.1) is 0 Å². The number of hydrogen-bond acceptors (Lipinski definition) is 2. The molecular formula is C8H16N2O2. The summed E-state index contributed by atoms with van der Waals surface area (Å²) in [5.74, 6) is 0.417. The SMILES string of the molecule is CN[C@@H]1CCN(C(=O)O)C[C@@H]1C. The fourth-order valence-corrected chi connectivity index (χ4v) is 1.75. The molecule has 2 N–H and O–H groups in total. The van der Waals surface area contributed by atoms with Crippen LogP contribution in [-0.4, -0.2) is 42.3 Å². The van der Waals surface area contributed by atoms with Crippen LogP contribution in [0.1, 0.15) is 13.3 Å². The number of nitrogens with one attached hydrogen (secondary N) is 1. The summed E-state index contributed by atoms with van der Waals surface area (Å²) in [4.78, 5) is 12.1. The molecule has 0 saturated carbocycles. The second kappa shape index (κ2) is 3.76. The van der Waals surface area contributed by atoms with Crippen molar-refractivity contribution in [2.75, 3.05) is 20.1 Å². The molecule has 1 aliphatic rings. The fourth-order valence-electron chi connectivity index (χ4n) is 1.75. The van der Waals surface area contributed by atoms with E-state index < -0.39 is 6.09 Å². The first kappa shape index (κ1) is 9.32. The number of hydrogen-bond donors (Lipinski definition) is 2. The summed E-state index contributed by atoms with van der Waals surface area (Å²) in [5, 5.41) is 11.9. The van der Waals surface area contributed by atoms with Gasteiger partial charge in [-0.15, -0.1) is 0 Å². The van der Waals surface area contributed by atoms with Gasteiger partial charge in [-0.3, -0.25) is 0 Å². The maximum absolute atomic E-state index is 10.6. The molecule has 12 heavy (non-hydrogen) atoms. The van der Waals surface area contributed by atoms with Crippen molar-refractivity contribution in [2.24, 2.45) is 5.92 Å². The predicted molar refractivity (Wildman–Crippen MR) is 46.2 cm³/mol. The highest BCUT2D eigenvalue weighted by Crippen LogP contribution is 2.15. The first-order valence-electron chi connectivity index (χ1n) is 4.30. The summed E-state index contributed by atoms with van der Waals surface area (Å²) in [7, 11) is 1.93. The minimum absolute atomic E-state index is 0.417. The Morgan fingerprint density at radius 2 is 2.33 bits per heavy atom. The van der Waals surface area contributed by atoms with E-state index in [2.05, 4.69) is 12.2 Å². The highest BCUT2D eigenvalue weighted by Gasteiger charge is 2.26. The van der Waals surface area contributed by atoms with Crippen LogP contribution in [0.25, 0.3) is 0 Å². The smallest absolute Gasteiger partial charge is 0.407 e. The van der Waals surface area contributed by atoms with Gasteiger partial charge in [-0.1, -0.05) is 6.92 Å². The van der Waals surface area contributed by atoms with Crippen LogP contribution < -0.4 is 5.32 Å². The Kier molecular flexibility index (Phi) is 2.92. The summed E-state index contributed by atoms with van der Waals surface area (Å²) in [5.41, 5.74) is 0. The summed E-state index contributed by atoms with van der Waals surface area (Å²) < 4.78 is 0. The average Bonchev–Trinajstić information content (AvgIpc) is 2.04. The maximum atomic E-state index is 10.6. The topological polar surface area (TPSA) is 52.6 Å². The van der Waals surface area contributed by atoms with Crippen LogP contribution in [0.2, 0.25) is 0 Å². The molecule has 0 aromatic heterocycles. The van der Waals surface area contributed by atoms with E-state index in [1.807, 2.05) is 7.05 Å². The molecule has 1 fully saturated rings. The van der Waals surface area contributed by atoms with Crippen molar-refractivity contribution < 1.29 is 9.90 Å². The molecule has 2 atom stereocenters. The van der Waals surface area contributed by atoms with E-state index in [4.69, 9.17) is 5.11 Å². The molecule has 70 valence electrons. The molecule has 0 bridgehead atoms. The van der Waals surface area contributed by atoms with Crippen molar-refractivity contribution in [3.63, 3.8) is 0 Å². The van der Waals surface area contributed by atoms with Crippen molar-refractivity contribution in [1.29, 1.82) is 0 Å². The van der Waals surface area contributed by atoms with Gasteiger partial charge in [0.25, 0.3) is 0 Å². The molecule has 0 spiro atoms. The van der Waals surface area contributed by atoms with Crippen LogP contribution in [-0.2, 0) is 0 Å². The van der Waals surface area contributed by atoms with Gasteiger partial charge in [0.1, 0.15) is 0 Å². The Labute approximate surface area is 72.6 Å². The minimum atomic E-state index is -0.795. The first-order chi connectivity index (χ1) is 5.65. The molecular weight excluding hydrogens is 156 g/mol. The molecule has 4 nitrogen and oxygen atoms in total. The number of nitrogens with zero attached hydrogens (tertiary/aromatic N) is 1. The standard InChI is InChI=1S/C8H16N2O2/c1-6-5-10(8(11)12)4-3-7(6)9-2/h6-7,9H,3-5H2,1-2H3,(H,11,12)/t6-,7+/m0/s1. The van der Waals surface area contributed by atoms with Gasteiger partial charge < -0.3 is 15.3 Å². The van der Waals surface area contributed by atoms with Crippen LogP contribution in [0.3, 0.4) is 0 Å². The summed E-state index contributed by atoms with van der Waals surface area (Å²) in [6.07, 6.45) is 0.126. The van der Waals surface area contributed by atoms with Crippen molar-refractivity contribution in [2.45, 2.75) is 19.4 Å². The Morgan fingerprint density at radius 3 is 2.75 bits per heavy atom. The number of carbonyl (C=O) groups is 1. The molecule has 1 aliphatic heterocycles. The molecule has 0 aromatic rings. The molecule has 0 aromatic carbocycles. The van der Waals surface area contributed by atoms with Gasteiger partial charge >= 0.3 is 6.09 Å². The largest absolute Gasteiger partial charge is 0.465 e. The Morgan fingerprint density at radius 1 is 1.67 bits per heavy atom. The van der Waals surface area contributed by atoms with Crippen molar-refractivity contribution in [3.8, 4) is 0 Å². The van der Waals surface area contributed by atoms with Gasteiger partial charge in [0, 0.05) is 19.1 Å². The normalized spacial score (nSPS) is 30.3. The number of piperidine rings is 1. The zero-order valence-corrected chi connectivity index (χ0v) is 7.58. The molecule has 0 radical (unpaired) electrons. The third-order valence-corrected chi connectivity index (χ3v) is 2.55. The minimum Gasteiger partial charge on any atom is -0.465 e. The van der Waals surface area contributed by atoms with Crippen LogP contribution in [0.15, 0.2) is 0 Å². The van der Waals surface area contributed by atoms with E-state index >= 15 is 0 Å². The van der Waals surface area contributed by atoms with E-state index in [9.17, 15) is 4.79 Å². The molecule has 1 saturated heterocycles. The fraction of sp³-hybridized carbons (Fsp3) is 0.875. The van der Waals surface area contributed by atoms with E-state index in [0.29, 0.717) is 25.0 Å². The number of likely N-dealkylation sites (tertiary alicyclic amines) is 1. The lowest BCUT2D eigenvalue weighted by Gasteiger charge is -2.35. The van der Waals surface area contributed by atoms with E-state index in [1.165, 1.54) is 4.90 Å². The molecule has 4 heteroatoms.